The molecule has 0 fully saturated rings. The SMILES string of the molecule is COC(=O)CCCCOc1ccc(OCCCCC(=O)OC)cc1. The lowest BCUT2D eigenvalue weighted by atomic mass is 10.2. The molecule has 0 radical (unpaired) electrons. The number of methoxy groups -OCH3 is 2. The molecule has 0 saturated heterocycles. The summed E-state index contributed by atoms with van der Waals surface area (Å²) in [5.74, 6) is 1.16. The number of hydrogen-bond acceptors (Lipinski definition) is 6. The van der Waals surface area contributed by atoms with E-state index in [-0.39, 0.29) is 11.9 Å². The van der Waals surface area contributed by atoms with Crippen molar-refractivity contribution >= 4 is 11.9 Å². The van der Waals surface area contributed by atoms with E-state index in [1.54, 1.807) is 0 Å². The zero-order chi connectivity index (χ0) is 17.6. The summed E-state index contributed by atoms with van der Waals surface area (Å²) >= 11 is 0. The lowest BCUT2D eigenvalue weighted by molar-refractivity contribution is -0.141. The van der Waals surface area contributed by atoms with Gasteiger partial charge >= 0.3 is 11.9 Å². The van der Waals surface area contributed by atoms with Crippen molar-refractivity contribution in [3.63, 3.8) is 0 Å². The van der Waals surface area contributed by atoms with Crippen molar-refractivity contribution in [2.75, 3.05) is 27.4 Å². The summed E-state index contributed by atoms with van der Waals surface area (Å²) in [6, 6.07) is 7.41. The van der Waals surface area contributed by atoms with Crippen LogP contribution in [0, 0.1) is 0 Å². The number of esters is 2. The van der Waals surface area contributed by atoms with E-state index in [9.17, 15) is 9.59 Å². The molecule has 6 nitrogen and oxygen atoms in total. The number of unbranched alkanes of at least 4 members (excludes halogenated alkanes) is 2. The average Bonchev–Trinajstić information content (AvgIpc) is 2.61. The number of ether oxygens (including phenoxy) is 4. The zero-order valence-electron chi connectivity index (χ0n) is 14.4. The lowest BCUT2D eigenvalue weighted by Crippen LogP contribution is -2.03. The number of rotatable bonds is 12. The Hall–Kier alpha value is -2.24. The first-order chi connectivity index (χ1) is 11.7. The molecule has 0 bridgehead atoms. The van der Waals surface area contributed by atoms with Crippen LogP contribution in [-0.2, 0) is 19.1 Å². The fourth-order valence-electron chi connectivity index (χ4n) is 1.96. The van der Waals surface area contributed by atoms with Crippen molar-refractivity contribution in [1.29, 1.82) is 0 Å². The Labute approximate surface area is 143 Å². The molecule has 0 aliphatic carbocycles. The van der Waals surface area contributed by atoms with E-state index in [4.69, 9.17) is 9.47 Å². The quantitative estimate of drug-likeness (QED) is 0.431. The standard InChI is InChI=1S/C18H26O6/c1-21-17(19)7-3-5-13-23-15-9-11-16(12-10-15)24-14-6-4-8-18(20)22-2/h9-12H,3-8,13-14H2,1-2H3. The second kappa shape index (κ2) is 12.2. The highest BCUT2D eigenvalue weighted by Gasteiger charge is 2.02. The molecule has 0 atom stereocenters. The van der Waals surface area contributed by atoms with Crippen LogP contribution in [0.5, 0.6) is 11.5 Å². The molecule has 0 amide bonds. The fraction of sp³-hybridized carbons (Fsp3) is 0.556. The second-order valence-electron chi connectivity index (χ2n) is 5.23. The molecule has 0 aromatic heterocycles. The molecular weight excluding hydrogens is 312 g/mol. The van der Waals surface area contributed by atoms with Gasteiger partial charge in [0.1, 0.15) is 11.5 Å². The Kier molecular flexibility index (Phi) is 10.1. The van der Waals surface area contributed by atoms with Gasteiger partial charge in [0, 0.05) is 12.8 Å². The van der Waals surface area contributed by atoms with Crippen molar-refractivity contribution in [3.05, 3.63) is 24.3 Å². The zero-order valence-corrected chi connectivity index (χ0v) is 14.4. The Bertz CT molecular complexity index is 438. The van der Waals surface area contributed by atoms with Crippen LogP contribution in [0.3, 0.4) is 0 Å². The summed E-state index contributed by atoms with van der Waals surface area (Å²) in [7, 11) is 2.78. The van der Waals surface area contributed by atoms with E-state index in [1.165, 1.54) is 14.2 Å². The van der Waals surface area contributed by atoms with Crippen LogP contribution in [0.4, 0.5) is 0 Å². The van der Waals surface area contributed by atoms with E-state index in [0.29, 0.717) is 26.1 Å². The highest BCUT2D eigenvalue weighted by molar-refractivity contribution is 5.69. The fourth-order valence-corrected chi connectivity index (χ4v) is 1.96. The van der Waals surface area contributed by atoms with E-state index < -0.39 is 0 Å². The molecule has 1 aromatic carbocycles. The molecule has 6 heteroatoms. The van der Waals surface area contributed by atoms with Gasteiger partial charge in [0.2, 0.25) is 0 Å². The third-order valence-electron chi connectivity index (χ3n) is 3.37. The number of carbonyl (C=O) groups is 2. The summed E-state index contributed by atoms with van der Waals surface area (Å²) < 4.78 is 20.4. The molecule has 0 saturated carbocycles. The molecular formula is C18H26O6. The van der Waals surface area contributed by atoms with Gasteiger partial charge < -0.3 is 18.9 Å². The van der Waals surface area contributed by atoms with Gasteiger partial charge in [-0.3, -0.25) is 9.59 Å². The Balaban J connectivity index is 2.12. The summed E-state index contributed by atoms with van der Waals surface area (Å²) in [5.41, 5.74) is 0. The molecule has 0 spiro atoms. The van der Waals surface area contributed by atoms with Crippen LogP contribution in [0.1, 0.15) is 38.5 Å². The number of hydrogen-bond donors (Lipinski definition) is 0. The number of carbonyl (C=O) groups excluding carboxylic acids is 2. The van der Waals surface area contributed by atoms with Crippen molar-refractivity contribution < 1.29 is 28.5 Å². The van der Waals surface area contributed by atoms with E-state index in [2.05, 4.69) is 9.47 Å². The first-order valence-corrected chi connectivity index (χ1v) is 8.15. The maximum absolute atomic E-state index is 11.0. The van der Waals surface area contributed by atoms with Crippen LogP contribution in [-0.4, -0.2) is 39.4 Å². The summed E-state index contributed by atoms with van der Waals surface area (Å²) in [5, 5.41) is 0. The average molecular weight is 338 g/mol. The van der Waals surface area contributed by atoms with Gasteiger partial charge in [0.15, 0.2) is 0 Å². The third kappa shape index (κ3) is 9.02. The molecule has 0 heterocycles. The molecule has 0 N–H and O–H groups in total. The number of benzene rings is 1. The minimum absolute atomic E-state index is 0.192. The highest BCUT2D eigenvalue weighted by atomic mass is 16.5. The molecule has 134 valence electrons. The van der Waals surface area contributed by atoms with Crippen LogP contribution in [0.2, 0.25) is 0 Å². The van der Waals surface area contributed by atoms with Gasteiger partial charge in [-0.05, 0) is 49.9 Å². The molecule has 0 unspecified atom stereocenters. The summed E-state index contributed by atoms with van der Waals surface area (Å²) in [6.07, 6.45) is 3.94. The topological polar surface area (TPSA) is 71.1 Å². The van der Waals surface area contributed by atoms with Gasteiger partial charge in [-0.15, -0.1) is 0 Å². The molecule has 1 aromatic rings. The Morgan fingerprint density at radius 2 is 1.08 bits per heavy atom. The van der Waals surface area contributed by atoms with Crippen molar-refractivity contribution in [1.82, 2.24) is 0 Å². The van der Waals surface area contributed by atoms with Crippen molar-refractivity contribution in [2.45, 2.75) is 38.5 Å². The van der Waals surface area contributed by atoms with E-state index in [0.717, 1.165) is 37.2 Å². The molecule has 0 aliphatic heterocycles. The van der Waals surface area contributed by atoms with Crippen LogP contribution >= 0.6 is 0 Å². The monoisotopic (exact) mass is 338 g/mol. The van der Waals surface area contributed by atoms with Crippen molar-refractivity contribution in [3.8, 4) is 11.5 Å². The predicted molar refractivity (Wildman–Crippen MR) is 89.2 cm³/mol. The van der Waals surface area contributed by atoms with Gasteiger partial charge in [0.05, 0.1) is 27.4 Å². The third-order valence-corrected chi connectivity index (χ3v) is 3.37. The Morgan fingerprint density at radius 3 is 1.42 bits per heavy atom. The van der Waals surface area contributed by atoms with Crippen LogP contribution in [0.15, 0.2) is 24.3 Å². The minimum Gasteiger partial charge on any atom is -0.494 e. The normalized spacial score (nSPS) is 10.1. The van der Waals surface area contributed by atoms with Gasteiger partial charge in [-0.25, -0.2) is 0 Å². The Morgan fingerprint density at radius 1 is 0.708 bits per heavy atom. The highest BCUT2D eigenvalue weighted by Crippen LogP contribution is 2.18. The molecule has 0 aliphatic rings. The maximum Gasteiger partial charge on any atom is 0.305 e. The first kappa shape index (κ1) is 19.8. The predicted octanol–water partition coefficient (Wildman–Crippen LogP) is 3.13. The largest absolute Gasteiger partial charge is 0.494 e. The van der Waals surface area contributed by atoms with E-state index in [1.807, 2.05) is 24.3 Å². The minimum atomic E-state index is -0.192. The smallest absolute Gasteiger partial charge is 0.305 e. The van der Waals surface area contributed by atoms with Crippen LogP contribution < -0.4 is 9.47 Å². The van der Waals surface area contributed by atoms with Gasteiger partial charge in [0.25, 0.3) is 0 Å². The summed E-state index contributed by atoms with van der Waals surface area (Å²) in [6.45, 7) is 1.12. The van der Waals surface area contributed by atoms with E-state index >= 15 is 0 Å². The van der Waals surface area contributed by atoms with Crippen LogP contribution in [0.25, 0.3) is 0 Å². The second-order valence-corrected chi connectivity index (χ2v) is 5.23. The summed E-state index contributed by atoms with van der Waals surface area (Å²) in [4.78, 5) is 21.9. The molecule has 24 heavy (non-hydrogen) atoms. The van der Waals surface area contributed by atoms with Gasteiger partial charge in [-0.1, -0.05) is 0 Å². The molecule has 1 rings (SSSR count). The lowest BCUT2D eigenvalue weighted by Gasteiger charge is -2.08. The van der Waals surface area contributed by atoms with Gasteiger partial charge in [-0.2, -0.15) is 0 Å². The van der Waals surface area contributed by atoms with Crippen molar-refractivity contribution in [2.24, 2.45) is 0 Å². The first-order valence-electron chi connectivity index (χ1n) is 8.15. The maximum atomic E-state index is 11.0.